The SMILES string of the molecule is Cl.O=C(CCC1CC1)N1CCNCC1c1cccc(Cl)c1. The van der Waals surface area contributed by atoms with Crippen molar-refractivity contribution in [3.05, 3.63) is 34.9 Å². The average Bonchev–Trinajstić information content (AvgIpc) is 3.29. The van der Waals surface area contributed by atoms with Gasteiger partial charge in [0, 0.05) is 31.1 Å². The zero-order valence-electron chi connectivity index (χ0n) is 12.1. The van der Waals surface area contributed by atoms with Crippen molar-refractivity contribution in [2.75, 3.05) is 19.6 Å². The molecule has 21 heavy (non-hydrogen) atoms. The molecule has 0 spiro atoms. The molecule has 1 aromatic carbocycles. The fraction of sp³-hybridized carbons (Fsp3) is 0.562. The Labute approximate surface area is 137 Å². The summed E-state index contributed by atoms with van der Waals surface area (Å²) in [5.74, 6) is 1.11. The molecule has 3 nitrogen and oxygen atoms in total. The third-order valence-electron chi connectivity index (χ3n) is 4.26. The maximum Gasteiger partial charge on any atom is 0.223 e. The second-order valence-electron chi connectivity index (χ2n) is 5.84. The molecule has 0 radical (unpaired) electrons. The van der Waals surface area contributed by atoms with Gasteiger partial charge < -0.3 is 10.2 Å². The minimum absolute atomic E-state index is 0. The number of carbonyl (C=O) groups is 1. The van der Waals surface area contributed by atoms with E-state index in [1.54, 1.807) is 0 Å². The molecule has 2 fully saturated rings. The van der Waals surface area contributed by atoms with Crippen molar-refractivity contribution in [1.29, 1.82) is 0 Å². The van der Waals surface area contributed by atoms with Gasteiger partial charge >= 0.3 is 0 Å². The van der Waals surface area contributed by atoms with Crippen LogP contribution in [-0.4, -0.2) is 30.4 Å². The topological polar surface area (TPSA) is 32.3 Å². The molecule has 116 valence electrons. The summed E-state index contributed by atoms with van der Waals surface area (Å²) in [6.45, 7) is 2.49. The van der Waals surface area contributed by atoms with Crippen LogP contribution < -0.4 is 5.32 Å². The maximum absolute atomic E-state index is 12.5. The predicted molar refractivity (Wildman–Crippen MR) is 88.0 cm³/mol. The first kappa shape index (κ1) is 16.6. The van der Waals surface area contributed by atoms with Crippen LogP contribution >= 0.6 is 24.0 Å². The zero-order valence-corrected chi connectivity index (χ0v) is 13.6. The molecule has 1 N–H and O–H groups in total. The summed E-state index contributed by atoms with van der Waals surface area (Å²) in [6.07, 6.45) is 4.38. The van der Waals surface area contributed by atoms with Crippen LogP contribution in [0, 0.1) is 5.92 Å². The van der Waals surface area contributed by atoms with Gasteiger partial charge in [-0.25, -0.2) is 0 Å². The van der Waals surface area contributed by atoms with Gasteiger partial charge in [0.05, 0.1) is 6.04 Å². The molecule has 0 bridgehead atoms. The summed E-state index contributed by atoms with van der Waals surface area (Å²) >= 11 is 6.08. The largest absolute Gasteiger partial charge is 0.333 e. The van der Waals surface area contributed by atoms with Crippen molar-refractivity contribution in [1.82, 2.24) is 10.2 Å². The lowest BCUT2D eigenvalue weighted by Gasteiger charge is -2.36. The van der Waals surface area contributed by atoms with Crippen molar-refractivity contribution in [3.63, 3.8) is 0 Å². The summed E-state index contributed by atoms with van der Waals surface area (Å²) in [7, 11) is 0. The minimum Gasteiger partial charge on any atom is -0.333 e. The standard InChI is InChI=1S/C16H21ClN2O.ClH/c17-14-3-1-2-13(10-14)15-11-18-8-9-19(15)16(20)7-6-12-4-5-12;/h1-3,10,12,15,18H,4-9,11H2;1H. The minimum atomic E-state index is 0. The van der Waals surface area contributed by atoms with Gasteiger partial charge in [-0.2, -0.15) is 0 Å². The third kappa shape index (κ3) is 4.35. The Balaban J connectivity index is 0.00000161. The van der Waals surface area contributed by atoms with Crippen molar-refractivity contribution in [2.24, 2.45) is 5.92 Å². The highest BCUT2D eigenvalue weighted by molar-refractivity contribution is 6.30. The van der Waals surface area contributed by atoms with Crippen LogP contribution in [0.25, 0.3) is 0 Å². The van der Waals surface area contributed by atoms with E-state index in [1.165, 1.54) is 12.8 Å². The van der Waals surface area contributed by atoms with E-state index in [-0.39, 0.29) is 18.4 Å². The number of piperazine rings is 1. The summed E-state index contributed by atoms with van der Waals surface area (Å²) in [4.78, 5) is 14.5. The van der Waals surface area contributed by atoms with Crippen molar-refractivity contribution < 1.29 is 4.79 Å². The zero-order chi connectivity index (χ0) is 13.9. The van der Waals surface area contributed by atoms with Crippen molar-refractivity contribution in [2.45, 2.75) is 31.7 Å². The number of hydrogen-bond acceptors (Lipinski definition) is 2. The number of benzene rings is 1. The maximum atomic E-state index is 12.5. The number of halogens is 2. The highest BCUT2D eigenvalue weighted by Gasteiger charge is 2.29. The molecule has 1 atom stereocenters. The summed E-state index contributed by atoms with van der Waals surface area (Å²) in [5, 5.41) is 4.11. The Bertz CT molecular complexity index is 491. The van der Waals surface area contributed by atoms with Gasteiger partial charge in [0.25, 0.3) is 0 Å². The van der Waals surface area contributed by atoms with E-state index in [0.29, 0.717) is 12.3 Å². The molecular weight excluding hydrogens is 307 g/mol. The highest BCUT2D eigenvalue weighted by Crippen LogP contribution is 2.34. The number of nitrogens with zero attached hydrogens (tertiary/aromatic N) is 1. The Kier molecular flexibility index (Phi) is 5.91. The van der Waals surface area contributed by atoms with E-state index in [4.69, 9.17) is 11.6 Å². The van der Waals surface area contributed by atoms with Gasteiger partial charge in [-0.3, -0.25) is 4.79 Å². The predicted octanol–water partition coefficient (Wildman–Crippen LogP) is 3.42. The second-order valence-corrected chi connectivity index (χ2v) is 6.28. The van der Waals surface area contributed by atoms with Gasteiger partial charge in [-0.05, 0) is 30.0 Å². The van der Waals surface area contributed by atoms with E-state index < -0.39 is 0 Å². The van der Waals surface area contributed by atoms with Gasteiger partial charge in [-0.1, -0.05) is 36.6 Å². The fourth-order valence-corrected chi connectivity index (χ4v) is 3.09. The number of rotatable bonds is 4. The molecule has 5 heteroatoms. The Hall–Kier alpha value is -0.770. The van der Waals surface area contributed by atoms with Crippen LogP contribution in [0.5, 0.6) is 0 Å². The highest BCUT2D eigenvalue weighted by atomic mass is 35.5. The molecule has 1 saturated heterocycles. The van der Waals surface area contributed by atoms with Crippen molar-refractivity contribution in [3.8, 4) is 0 Å². The number of carbonyl (C=O) groups excluding carboxylic acids is 1. The first-order chi connectivity index (χ1) is 9.74. The average molecular weight is 329 g/mol. The molecule has 2 aliphatic rings. The molecule has 1 heterocycles. The Morgan fingerprint density at radius 2 is 2.19 bits per heavy atom. The molecular formula is C16H22Cl2N2O. The van der Waals surface area contributed by atoms with Gasteiger partial charge in [0.2, 0.25) is 5.91 Å². The lowest BCUT2D eigenvalue weighted by molar-refractivity contribution is -0.134. The molecule has 1 aliphatic heterocycles. The summed E-state index contributed by atoms with van der Waals surface area (Å²) in [5.41, 5.74) is 1.13. The Morgan fingerprint density at radius 3 is 2.90 bits per heavy atom. The van der Waals surface area contributed by atoms with E-state index in [9.17, 15) is 4.79 Å². The van der Waals surface area contributed by atoms with E-state index in [2.05, 4.69) is 11.4 Å². The second kappa shape index (κ2) is 7.48. The molecule has 1 amide bonds. The fourth-order valence-electron chi connectivity index (χ4n) is 2.89. The molecule has 0 aromatic heterocycles. The van der Waals surface area contributed by atoms with Gasteiger partial charge in [0.15, 0.2) is 0 Å². The molecule has 1 saturated carbocycles. The van der Waals surface area contributed by atoms with E-state index in [0.717, 1.165) is 42.6 Å². The molecule has 1 aliphatic carbocycles. The summed E-state index contributed by atoms with van der Waals surface area (Å²) < 4.78 is 0. The van der Waals surface area contributed by atoms with Crippen LogP contribution in [0.15, 0.2) is 24.3 Å². The van der Waals surface area contributed by atoms with Crippen LogP contribution in [0.1, 0.15) is 37.3 Å². The van der Waals surface area contributed by atoms with Crippen LogP contribution in [0.4, 0.5) is 0 Å². The van der Waals surface area contributed by atoms with E-state index >= 15 is 0 Å². The lowest BCUT2D eigenvalue weighted by Crippen LogP contribution is -2.48. The van der Waals surface area contributed by atoms with Gasteiger partial charge in [0.1, 0.15) is 0 Å². The normalized spacial score (nSPS) is 21.8. The smallest absolute Gasteiger partial charge is 0.223 e. The van der Waals surface area contributed by atoms with Gasteiger partial charge in [-0.15, -0.1) is 12.4 Å². The van der Waals surface area contributed by atoms with Crippen LogP contribution in [0.3, 0.4) is 0 Å². The Morgan fingerprint density at radius 1 is 1.38 bits per heavy atom. The third-order valence-corrected chi connectivity index (χ3v) is 4.50. The number of nitrogens with one attached hydrogen (secondary N) is 1. The molecule has 1 unspecified atom stereocenters. The first-order valence-electron chi connectivity index (χ1n) is 7.49. The number of amides is 1. The monoisotopic (exact) mass is 328 g/mol. The van der Waals surface area contributed by atoms with Crippen molar-refractivity contribution >= 4 is 29.9 Å². The van der Waals surface area contributed by atoms with E-state index in [1.807, 2.05) is 23.1 Å². The summed E-state index contributed by atoms with van der Waals surface area (Å²) in [6, 6.07) is 7.99. The lowest BCUT2D eigenvalue weighted by atomic mass is 10.0. The quantitative estimate of drug-likeness (QED) is 0.918. The molecule has 1 aromatic rings. The van der Waals surface area contributed by atoms with Crippen LogP contribution in [0.2, 0.25) is 5.02 Å². The molecule has 3 rings (SSSR count). The number of hydrogen-bond donors (Lipinski definition) is 1. The first-order valence-corrected chi connectivity index (χ1v) is 7.87. The van der Waals surface area contributed by atoms with Crippen LogP contribution in [-0.2, 0) is 4.79 Å².